The van der Waals surface area contributed by atoms with Gasteiger partial charge in [0.25, 0.3) is 0 Å². The van der Waals surface area contributed by atoms with Gasteiger partial charge in [-0.3, -0.25) is 4.79 Å². The molecule has 2 rings (SSSR count). The normalized spacial score (nSPS) is 23.7. The number of aryl methyl sites for hydroxylation is 1. The summed E-state index contributed by atoms with van der Waals surface area (Å²) in [6, 6.07) is 3.70. The SMILES string of the molecule is Cc1nc(Br)ccc1NC(=O)C1(C)CCNC1. The van der Waals surface area contributed by atoms with Crippen LogP contribution >= 0.6 is 15.9 Å². The minimum Gasteiger partial charge on any atom is -0.324 e. The molecule has 0 saturated carbocycles. The third kappa shape index (κ3) is 2.66. The maximum atomic E-state index is 12.2. The largest absolute Gasteiger partial charge is 0.324 e. The maximum absolute atomic E-state index is 12.2. The standard InChI is InChI=1S/C12H16BrN3O/c1-8-9(3-4-10(13)15-8)16-11(17)12(2)5-6-14-7-12/h3-4,14H,5-7H2,1-2H3,(H,16,17). The van der Waals surface area contributed by atoms with E-state index in [4.69, 9.17) is 0 Å². The first-order chi connectivity index (χ1) is 8.01. The number of hydrogen-bond donors (Lipinski definition) is 2. The Kier molecular flexibility index (Phi) is 3.49. The van der Waals surface area contributed by atoms with Crippen LogP contribution in [0, 0.1) is 12.3 Å². The summed E-state index contributed by atoms with van der Waals surface area (Å²) in [5.74, 6) is 0.0646. The lowest BCUT2D eigenvalue weighted by atomic mass is 9.88. The molecule has 1 unspecified atom stereocenters. The van der Waals surface area contributed by atoms with Crippen LogP contribution < -0.4 is 10.6 Å². The van der Waals surface area contributed by atoms with Gasteiger partial charge < -0.3 is 10.6 Å². The fraction of sp³-hybridized carbons (Fsp3) is 0.500. The van der Waals surface area contributed by atoms with Gasteiger partial charge in [-0.15, -0.1) is 0 Å². The van der Waals surface area contributed by atoms with Crippen molar-refractivity contribution in [3.8, 4) is 0 Å². The van der Waals surface area contributed by atoms with Crippen LogP contribution in [0.5, 0.6) is 0 Å². The van der Waals surface area contributed by atoms with E-state index in [-0.39, 0.29) is 11.3 Å². The van der Waals surface area contributed by atoms with Crippen molar-refractivity contribution >= 4 is 27.5 Å². The molecule has 17 heavy (non-hydrogen) atoms. The minimum absolute atomic E-state index is 0.0646. The van der Waals surface area contributed by atoms with Gasteiger partial charge in [-0.05, 0) is 54.9 Å². The molecule has 0 radical (unpaired) electrons. The average Bonchev–Trinajstić information content (AvgIpc) is 2.71. The van der Waals surface area contributed by atoms with Gasteiger partial charge >= 0.3 is 0 Å². The second-order valence-electron chi connectivity index (χ2n) is 4.71. The Morgan fingerprint density at radius 3 is 2.94 bits per heavy atom. The molecule has 0 spiro atoms. The van der Waals surface area contributed by atoms with E-state index in [2.05, 4.69) is 31.5 Å². The minimum atomic E-state index is -0.306. The molecule has 1 saturated heterocycles. The van der Waals surface area contributed by atoms with Crippen LogP contribution in [0.3, 0.4) is 0 Å². The zero-order valence-corrected chi connectivity index (χ0v) is 11.6. The highest BCUT2D eigenvalue weighted by molar-refractivity contribution is 9.10. The van der Waals surface area contributed by atoms with Crippen molar-refractivity contribution in [2.75, 3.05) is 18.4 Å². The molecule has 1 atom stereocenters. The fourth-order valence-electron chi connectivity index (χ4n) is 1.95. The highest BCUT2D eigenvalue weighted by Gasteiger charge is 2.36. The van der Waals surface area contributed by atoms with Gasteiger partial charge in [0.2, 0.25) is 5.91 Å². The fourth-order valence-corrected chi connectivity index (χ4v) is 2.34. The first kappa shape index (κ1) is 12.5. The zero-order valence-electron chi connectivity index (χ0n) is 10.0. The molecular formula is C12H16BrN3O. The quantitative estimate of drug-likeness (QED) is 0.822. The zero-order chi connectivity index (χ0) is 12.5. The van der Waals surface area contributed by atoms with E-state index in [0.29, 0.717) is 0 Å². The summed E-state index contributed by atoms with van der Waals surface area (Å²) < 4.78 is 0.779. The summed E-state index contributed by atoms with van der Waals surface area (Å²) >= 11 is 3.31. The number of rotatable bonds is 2. The molecule has 4 nitrogen and oxygen atoms in total. The van der Waals surface area contributed by atoms with Gasteiger partial charge in [0, 0.05) is 6.54 Å². The lowest BCUT2D eigenvalue weighted by Crippen LogP contribution is -2.35. The Labute approximate surface area is 109 Å². The van der Waals surface area contributed by atoms with E-state index in [1.54, 1.807) is 0 Å². The number of carbonyl (C=O) groups is 1. The Bertz CT molecular complexity index is 441. The van der Waals surface area contributed by atoms with E-state index in [9.17, 15) is 4.79 Å². The lowest BCUT2D eigenvalue weighted by molar-refractivity contribution is -0.123. The molecule has 1 aliphatic heterocycles. The van der Waals surface area contributed by atoms with Crippen molar-refractivity contribution in [3.05, 3.63) is 22.4 Å². The summed E-state index contributed by atoms with van der Waals surface area (Å²) in [5.41, 5.74) is 1.30. The van der Waals surface area contributed by atoms with Crippen LogP contribution in [-0.4, -0.2) is 24.0 Å². The second-order valence-corrected chi connectivity index (χ2v) is 5.52. The molecule has 0 aromatic carbocycles. The molecule has 1 aliphatic rings. The molecule has 2 N–H and O–H groups in total. The highest BCUT2D eigenvalue weighted by Crippen LogP contribution is 2.27. The van der Waals surface area contributed by atoms with Gasteiger partial charge in [0.1, 0.15) is 4.60 Å². The average molecular weight is 298 g/mol. The van der Waals surface area contributed by atoms with Crippen LogP contribution in [0.15, 0.2) is 16.7 Å². The van der Waals surface area contributed by atoms with Crippen LogP contribution in [0.2, 0.25) is 0 Å². The predicted octanol–water partition coefficient (Wildman–Crippen LogP) is 2.09. The Hall–Kier alpha value is -0.940. The number of anilines is 1. The monoisotopic (exact) mass is 297 g/mol. The number of pyridine rings is 1. The molecule has 92 valence electrons. The van der Waals surface area contributed by atoms with Crippen LogP contribution in [0.1, 0.15) is 19.0 Å². The van der Waals surface area contributed by atoms with Crippen molar-refractivity contribution < 1.29 is 4.79 Å². The number of nitrogens with one attached hydrogen (secondary N) is 2. The van der Waals surface area contributed by atoms with Crippen molar-refractivity contribution in [3.63, 3.8) is 0 Å². The molecule has 1 aromatic rings. The summed E-state index contributed by atoms with van der Waals surface area (Å²) in [4.78, 5) is 16.4. The second kappa shape index (κ2) is 4.74. The lowest BCUT2D eigenvalue weighted by Gasteiger charge is -2.21. The topological polar surface area (TPSA) is 54.0 Å². The summed E-state index contributed by atoms with van der Waals surface area (Å²) in [6.45, 7) is 5.52. The smallest absolute Gasteiger partial charge is 0.231 e. The molecule has 5 heteroatoms. The molecule has 2 heterocycles. The summed E-state index contributed by atoms with van der Waals surface area (Å²) in [7, 11) is 0. The van der Waals surface area contributed by atoms with Gasteiger partial charge in [-0.25, -0.2) is 4.98 Å². The Balaban J connectivity index is 2.13. The van der Waals surface area contributed by atoms with Gasteiger partial charge in [0.05, 0.1) is 16.8 Å². The number of halogens is 1. The van der Waals surface area contributed by atoms with Crippen LogP contribution in [0.4, 0.5) is 5.69 Å². The maximum Gasteiger partial charge on any atom is 0.231 e. The Morgan fingerprint density at radius 2 is 2.35 bits per heavy atom. The third-order valence-electron chi connectivity index (χ3n) is 3.22. The van der Waals surface area contributed by atoms with Gasteiger partial charge in [0.15, 0.2) is 0 Å². The highest BCUT2D eigenvalue weighted by atomic mass is 79.9. The molecule has 1 aromatic heterocycles. The number of carbonyl (C=O) groups excluding carboxylic acids is 1. The van der Waals surface area contributed by atoms with Gasteiger partial charge in [-0.1, -0.05) is 0 Å². The van der Waals surface area contributed by atoms with Crippen molar-refractivity contribution in [1.29, 1.82) is 0 Å². The number of aromatic nitrogens is 1. The predicted molar refractivity (Wildman–Crippen MR) is 70.9 cm³/mol. The first-order valence-corrected chi connectivity index (χ1v) is 6.46. The number of amides is 1. The summed E-state index contributed by atoms with van der Waals surface area (Å²) in [6.07, 6.45) is 0.877. The summed E-state index contributed by atoms with van der Waals surface area (Å²) in [5, 5.41) is 6.18. The molecule has 0 bridgehead atoms. The number of hydrogen-bond acceptors (Lipinski definition) is 3. The third-order valence-corrected chi connectivity index (χ3v) is 3.66. The first-order valence-electron chi connectivity index (χ1n) is 5.67. The van der Waals surface area contributed by atoms with E-state index in [0.717, 1.165) is 35.5 Å². The van der Waals surface area contributed by atoms with E-state index in [1.165, 1.54) is 0 Å². The van der Waals surface area contributed by atoms with Crippen molar-refractivity contribution in [1.82, 2.24) is 10.3 Å². The van der Waals surface area contributed by atoms with Crippen molar-refractivity contribution in [2.24, 2.45) is 5.41 Å². The van der Waals surface area contributed by atoms with Crippen LogP contribution in [-0.2, 0) is 4.79 Å². The van der Waals surface area contributed by atoms with E-state index in [1.807, 2.05) is 26.0 Å². The molecule has 0 aliphatic carbocycles. The van der Waals surface area contributed by atoms with Crippen LogP contribution in [0.25, 0.3) is 0 Å². The molecule has 1 fully saturated rings. The van der Waals surface area contributed by atoms with E-state index >= 15 is 0 Å². The van der Waals surface area contributed by atoms with E-state index < -0.39 is 0 Å². The van der Waals surface area contributed by atoms with Gasteiger partial charge in [-0.2, -0.15) is 0 Å². The van der Waals surface area contributed by atoms with Crippen molar-refractivity contribution in [2.45, 2.75) is 20.3 Å². The molecular weight excluding hydrogens is 282 g/mol. The number of nitrogens with zero attached hydrogens (tertiary/aromatic N) is 1. The molecule has 1 amide bonds. The Morgan fingerprint density at radius 1 is 1.59 bits per heavy atom.